The molecule has 2 rings (SSSR count). The number of hydrogen-bond donors (Lipinski definition) is 2. The fourth-order valence-corrected chi connectivity index (χ4v) is 4.92. The third kappa shape index (κ3) is 6.36. The van der Waals surface area contributed by atoms with Gasteiger partial charge in [0.15, 0.2) is 6.29 Å². The Hall–Kier alpha value is -3.11. The minimum Gasteiger partial charge on any atom is -0.465 e. The van der Waals surface area contributed by atoms with Gasteiger partial charge in [-0.3, -0.25) is 19.9 Å². The zero-order valence-electron chi connectivity index (χ0n) is 21.5. The number of hydrogen-bond acceptors (Lipinski definition) is 9. The SMILES string of the molecule is CCCC(CCC)(COC(=O)C1=C(C)N=C(C)C(C(=O)OCC)C1c1cccc([N+](=O)[O-])c1)C(O)O. The van der Waals surface area contributed by atoms with E-state index in [2.05, 4.69) is 4.99 Å². The van der Waals surface area contributed by atoms with Crippen LogP contribution in [0.2, 0.25) is 0 Å². The molecule has 198 valence electrons. The van der Waals surface area contributed by atoms with Crippen molar-refractivity contribution in [2.75, 3.05) is 13.2 Å². The summed E-state index contributed by atoms with van der Waals surface area (Å²) in [5, 5.41) is 31.7. The van der Waals surface area contributed by atoms with Crippen LogP contribution in [0.3, 0.4) is 0 Å². The fraction of sp³-hybridized carbons (Fsp3) is 0.577. The third-order valence-electron chi connectivity index (χ3n) is 6.56. The molecule has 0 saturated heterocycles. The highest BCUT2D eigenvalue weighted by Crippen LogP contribution is 2.42. The average molecular weight is 505 g/mol. The number of esters is 2. The number of aliphatic hydroxyl groups is 2. The van der Waals surface area contributed by atoms with Crippen molar-refractivity contribution in [2.45, 2.75) is 72.5 Å². The molecule has 0 amide bonds. The number of aliphatic hydroxyl groups excluding tert-OH is 1. The van der Waals surface area contributed by atoms with Crippen molar-refractivity contribution in [3.63, 3.8) is 0 Å². The Kier molecular flexibility index (Phi) is 10.3. The molecule has 0 saturated carbocycles. The van der Waals surface area contributed by atoms with Gasteiger partial charge in [-0.15, -0.1) is 0 Å². The molecule has 10 nitrogen and oxygen atoms in total. The van der Waals surface area contributed by atoms with E-state index < -0.39 is 40.4 Å². The number of allylic oxidation sites excluding steroid dienone is 1. The zero-order valence-corrected chi connectivity index (χ0v) is 21.5. The van der Waals surface area contributed by atoms with Gasteiger partial charge in [-0.1, -0.05) is 38.8 Å². The van der Waals surface area contributed by atoms with Crippen LogP contribution in [0.5, 0.6) is 0 Å². The zero-order chi connectivity index (χ0) is 27.0. The van der Waals surface area contributed by atoms with Crippen LogP contribution in [0.1, 0.15) is 71.8 Å². The Labute approximate surface area is 211 Å². The van der Waals surface area contributed by atoms with Gasteiger partial charge in [0.2, 0.25) is 0 Å². The van der Waals surface area contributed by atoms with Crippen LogP contribution in [0, 0.1) is 21.4 Å². The summed E-state index contributed by atoms with van der Waals surface area (Å²) in [5.41, 5.74) is -0.0455. The van der Waals surface area contributed by atoms with Crippen LogP contribution in [0.25, 0.3) is 0 Å². The van der Waals surface area contributed by atoms with Gasteiger partial charge in [0, 0.05) is 29.5 Å². The summed E-state index contributed by atoms with van der Waals surface area (Å²) in [6.45, 7) is 8.59. The van der Waals surface area contributed by atoms with Crippen LogP contribution in [-0.4, -0.2) is 52.3 Å². The number of nitro groups is 1. The average Bonchev–Trinajstić information content (AvgIpc) is 2.82. The van der Waals surface area contributed by atoms with Crippen LogP contribution in [0.4, 0.5) is 5.69 Å². The largest absolute Gasteiger partial charge is 0.465 e. The minimum absolute atomic E-state index is 0.0773. The maximum Gasteiger partial charge on any atom is 0.336 e. The van der Waals surface area contributed by atoms with E-state index in [9.17, 15) is 29.9 Å². The highest BCUT2D eigenvalue weighted by Gasteiger charge is 2.44. The molecule has 0 spiro atoms. The van der Waals surface area contributed by atoms with Crippen molar-refractivity contribution in [3.05, 3.63) is 51.2 Å². The Bertz CT molecular complexity index is 1020. The van der Waals surface area contributed by atoms with Gasteiger partial charge in [-0.2, -0.15) is 0 Å². The maximum atomic E-state index is 13.5. The summed E-state index contributed by atoms with van der Waals surface area (Å²) in [7, 11) is 0. The van der Waals surface area contributed by atoms with E-state index in [4.69, 9.17) is 9.47 Å². The molecule has 36 heavy (non-hydrogen) atoms. The summed E-state index contributed by atoms with van der Waals surface area (Å²) in [6, 6.07) is 5.75. The smallest absolute Gasteiger partial charge is 0.336 e. The highest BCUT2D eigenvalue weighted by molar-refractivity contribution is 6.07. The minimum atomic E-state index is -1.69. The first-order chi connectivity index (χ1) is 17.0. The number of non-ortho nitro benzene ring substituents is 1. The molecule has 1 aromatic rings. The molecule has 1 aliphatic rings. The monoisotopic (exact) mass is 504 g/mol. The maximum absolute atomic E-state index is 13.5. The molecule has 2 atom stereocenters. The third-order valence-corrected chi connectivity index (χ3v) is 6.56. The molecule has 10 heteroatoms. The number of nitro benzene ring substituents is 1. The number of rotatable bonds is 12. The summed E-state index contributed by atoms with van der Waals surface area (Å²) < 4.78 is 10.9. The lowest BCUT2D eigenvalue weighted by molar-refractivity contribution is -0.384. The summed E-state index contributed by atoms with van der Waals surface area (Å²) >= 11 is 0. The number of carbonyl (C=O) groups excluding carboxylic acids is 2. The molecule has 0 fully saturated rings. The number of aliphatic imine (C=N–C) groups is 1. The van der Waals surface area contributed by atoms with Gasteiger partial charge < -0.3 is 19.7 Å². The lowest BCUT2D eigenvalue weighted by Gasteiger charge is -2.36. The molecule has 0 aromatic heterocycles. The van der Waals surface area contributed by atoms with E-state index in [1.54, 1.807) is 26.8 Å². The second kappa shape index (κ2) is 12.7. The van der Waals surface area contributed by atoms with Gasteiger partial charge in [-0.05, 0) is 39.2 Å². The van der Waals surface area contributed by atoms with E-state index in [1.807, 2.05) is 13.8 Å². The number of nitrogens with zero attached hydrogens (tertiary/aromatic N) is 2. The first-order valence-electron chi connectivity index (χ1n) is 12.2. The molecule has 1 aliphatic heterocycles. The predicted octanol–water partition coefficient (Wildman–Crippen LogP) is 4.05. The molecule has 2 N–H and O–H groups in total. The van der Waals surface area contributed by atoms with E-state index in [-0.39, 0.29) is 24.5 Å². The number of ether oxygens (including phenoxy) is 2. The Morgan fingerprint density at radius 1 is 1.14 bits per heavy atom. The van der Waals surface area contributed by atoms with E-state index >= 15 is 0 Å². The van der Waals surface area contributed by atoms with Crippen LogP contribution >= 0.6 is 0 Å². The number of carbonyl (C=O) groups is 2. The molecule has 2 unspecified atom stereocenters. The molecule has 1 heterocycles. The summed E-state index contributed by atoms with van der Waals surface area (Å²) in [5.74, 6) is -3.30. The predicted molar refractivity (Wildman–Crippen MR) is 133 cm³/mol. The molecule has 0 radical (unpaired) electrons. The van der Waals surface area contributed by atoms with Crippen LogP contribution in [-0.2, 0) is 19.1 Å². The van der Waals surface area contributed by atoms with Gasteiger partial charge in [-0.25, -0.2) is 4.79 Å². The second-order valence-electron chi connectivity index (χ2n) is 9.12. The van der Waals surface area contributed by atoms with Gasteiger partial charge in [0.05, 0.1) is 22.5 Å². The van der Waals surface area contributed by atoms with Crippen molar-refractivity contribution < 1.29 is 34.2 Å². The molecular weight excluding hydrogens is 468 g/mol. The Morgan fingerprint density at radius 2 is 1.78 bits per heavy atom. The van der Waals surface area contributed by atoms with E-state index in [0.717, 1.165) is 0 Å². The van der Waals surface area contributed by atoms with Crippen molar-refractivity contribution in [3.8, 4) is 0 Å². The first-order valence-corrected chi connectivity index (χ1v) is 12.2. The van der Waals surface area contributed by atoms with E-state index in [0.29, 0.717) is 42.7 Å². The molecule has 0 aliphatic carbocycles. The van der Waals surface area contributed by atoms with Crippen LogP contribution in [0.15, 0.2) is 40.5 Å². The standard InChI is InChI=1S/C26H36N2O8/c1-6-12-26(13-7-2,25(31)32)15-36-24(30)21-17(5)27-16(4)20(23(29)35-8-3)22(21)18-10-9-11-19(14-18)28(33)34/h9-11,14,20,22,25,31-32H,6-8,12-13,15H2,1-5H3. The second-order valence-corrected chi connectivity index (χ2v) is 9.12. The Morgan fingerprint density at radius 3 is 2.31 bits per heavy atom. The van der Waals surface area contributed by atoms with Crippen molar-refractivity contribution in [2.24, 2.45) is 16.3 Å². The molecule has 0 bridgehead atoms. The summed E-state index contributed by atoms with van der Waals surface area (Å²) in [6.07, 6.45) is 0.483. The van der Waals surface area contributed by atoms with Gasteiger partial charge >= 0.3 is 11.9 Å². The normalized spacial score (nSPS) is 18.2. The fourth-order valence-electron chi connectivity index (χ4n) is 4.92. The lowest BCUT2D eigenvalue weighted by Crippen LogP contribution is -2.41. The van der Waals surface area contributed by atoms with Crippen molar-refractivity contribution in [1.82, 2.24) is 0 Å². The summed E-state index contributed by atoms with van der Waals surface area (Å²) in [4.78, 5) is 41.8. The molecular formula is C26H36N2O8. The van der Waals surface area contributed by atoms with Crippen LogP contribution < -0.4 is 0 Å². The van der Waals surface area contributed by atoms with Gasteiger partial charge in [0.1, 0.15) is 12.5 Å². The Balaban J connectivity index is 2.57. The van der Waals surface area contributed by atoms with Gasteiger partial charge in [0.25, 0.3) is 5.69 Å². The molecule has 1 aromatic carbocycles. The first kappa shape index (κ1) is 29.1. The number of benzene rings is 1. The lowest BCUT2D eigenvalue weighted by atomic mass is 9.75. The van der Waals surface area contributed by atoms with Crippen molar-refractivity contribution in [1.29, 1.82) is 0 Å². The quantitative estimate of drug-likeness (QED) is 0.187. The highest BCUT2D eigenvalue weighted by atomic mass is 16.6. The van der Waals surface area contributed by atoms with Crippen molar-refractivity contribution >= 4 is 23.3 Å². The van der Waals surface area contributed by atoms with E-state index in [1.165, 1.54) is 18.2 Å². The topological polar surface area (TPSA) is 149 Å².